The third-order valence-electron chi connectivity index (χ3n) is 3.92. The van der Waals surface area contributed by atoms with Crippen LogP contribution in [0.25, 0.3) is 0 Å². The van der Waals surface area contributed by atoms with Gasteiger partial charge in [-0.1, -0.05) is 41.4 Å². The summed E-state index contributed by atoms with van der Waals surface area (Å²) in [6.07, 6.45) is 1.19. The third kappa shape index (κ3) is 5.50. The summed E-state index contributed by atoms with van der Waals surface area (Å²) in [7, 11) is 0. The molecule has 0 aromatic heterocycles. The molecule has 24 heavy (non-hydrogen) atoms. The Morgan fingerprint density at radius 2 is 1.71 bits per heavy atom. The number of carbonyl (C=O) groups excluding carboxylic acids is 2. The molecule has 2 aromatic carbocycles. The first-order chi connectivity index (χ1) is 11.5. The van der Waals surface area contributed by atoms with Gasteiger partial charge in [0, 0.05) is 30.0 Å². The molecular formula is C20H22ClNO2. The molecule has 1 amide bonds. The number of aryl methyl sites for hydroxylation is 2. The van der Waals surface area contributed by atoms with Crippen molar-refractivity contribution in [2.75, 3.05) is 6.54 Å². The van der Waals surface area contributed by atoms with Gasteiger partial charge in [-0.15, -0.1) is 0 Å². The first-order valence-electron chi connectivity index (χ1n) is 8.07. The Labute approximate surface area is 148 Å². The van der Waals surface area contributed by atoms with Gasteiger partial charge in [-0.2, -0.15) is 0 Å². The molecule has 1 N–H and O–H groups in total. The highest BCUT2D eigenvalue weighted by Crippen LogP contribution is 2.14. The summed E-state index contributed by atoms with van der Waals surface area (Å²) in [6.45, 7) is 4.43. The first kappa shape index (κ1) is 18.2. The van der Waals surface area contributed by atoms with E-state index in [0.29, 0.717) is 17.1 Å². The Kier molecular flexibility index (Phi) is 6.56. The Morgan fingerprint density at radius 3 is 2.42 bits per heavy atom. The summed E-state index contributed by atoms with van der Waals surface area (Å²) >= 11 is 5.84. The van der Waals surface area contributed by atoms with Gasteiger partial charge in [0.05, 0.1) is 0 Å². The minimum absolute atomic E-state index is 0.0176. The highest BCUT2D eigenvalue weighted by molar-refractivity contribution is 6.30. The number of hydrogen-bond donors (Lipinski definition) is 1. The second-order valence-corrected chi connectivity index (χ2v) is 6.40. The zero-order chi connectivity index (χ0) is 17.5. The maximum Gasteiger partial charge on any atom is 0.220 e. The summed E-state index contributed by atoms with van der Waals surface area (Å²) in [6, 6.07) is 13.4. The summed E-state index contributed by atoms with van der Waals surface area (Å²) in [4.78, 5) is 24.1. The van der Waals surface area contributed by atoms with Gasteiger partial charge in [-0.25, -0.2) is 0 Å². The van der Waals surface area contributed by atoms with Gasteiger partial charge in [0.2, 0.25) is 5.91 Å². The number of nitrogens with one attached hydrogen (secondary N) is 1. The predicted octanol–water partition coefficient (Wildman–Crippen LogP) is 4.28. The number of amides is 1. The van der Waals surface area contributed by atoms with Crippen molar-refractivity contribution in [2.45, 2.75) is 33.1 Å². The lowest BCUT2D eigenvalue weighted by atomic mass is 9.99. The standard InChI is InChI=1S/C20H22ClNO2/c1-14-3-4-15(2)18(13-14)19(23)9-10-20(24)22-12-11-16-5-7-17(21)8-6-16/h3-8,13H,9-12H2,1-2H3,(H,22,24). The lowest BCUT2D eigenvalue weighted by molar-refractivity contribution is -0.121. The van der Waals surface area contributed by atoms with Crippen LogP contribution in [0.2, 0.25) is 5.02 Å². The average Bonchev–Trinajstić information content (AvgIpc) is 2.56. The lowest BCUT2D eigenvalue weighted by Crippen LogP contribution is -2.26. The molecule has 0 unspecified atom stereocenters. The van der Waals surface area contributed by atoms with Crippen LogP contribution in [0.15, 0.2) is 42.5 Å². The van der Waals surface area contributed by atoms with Crippen LogP contribution >= 0.6 is 11.6 Å². The van der Waals surface area contributed by atoms with Crippen molar-refractivity contribution >= 4 is 23.3 Å². The van der Waals surface area contributed by atoms with E-state index in [1.165, 1.54) is 0 Å². The van der Waals surface area contributed by atoms with Gasteiger partial charge in [-0.3, -0.25) is 9.59 Å². The Balaban J connectivity index is 1.75. The van der Waals surface area contributed by atoms with Crippen molar-refractivity contribution in [2.24, 2.45) is 0 Å². The van der Waals surface area contributed by atoms with Gasteiger partial charge < -0.3 is 5.32 Å². The molecule has 0 saturated carbocycles. The van der Waals surface area contributed by atoms with Crippen molar-refractivity contribution < 1.29 is 9.59 Å². The normalized spacial score (nSPS) is 10.5. The molecule has 0 bridgehead atoms. The van der Waals surface area contributed by atoms with Crippen LogP contribution in [-0.4, -0.2) is 18.2 Å². The fourth-order valence-corrected chi connectivity index (χ4v) is 2.61. The molecule has 0 aliphatic heterocycles. The topological polar surface area (TPSA) is 46.2 Å². The van der Waals surface area contributed by atoms with Crippen LogP contribution in [0.5, 0.6) is 0 Å². The SMILES string of the molecule is Cc1ccc(C)c(C(=O)CCC(=O)NCCc2ccc(Cl)cc2)c1. The quantitative estimate of drug-likeness (QED) is 0.763. The Hall–Kier alpha value is -2.13. The molecule has 2 aromatic rings. The van der Waals surface area contributed by atoms with E-state index in [9.17, 15) is 9.59 Å². The number of hydrogen-bond acceptors (Lipinski definition) is 2. The summed E-state index contributed by atoms with van der Waals surface area (Å²) in [5.74, 6) is -0.0772. The van der Waals surface area contributed by atoms with E-state index >= 15 is 0 Å². The van der Waals surface area contributed by atoms with Gasteiger partial charge >= 0.3 is 0 Å². The number of ketones is 1. The summed E-state index contributed by atoms with van der Waals surface area (Å²) in [5, 5.41) is 3.56. The molecule has 0 spiro atoms. The van der Waals surface area contributed by atoms with Gasteiger partial charge in [0.1, 0.15) is 0 Å². The summed E-state index contributed by atoms with van der Waals surface area (Å²) in [5.41, 5.74) is 3.83. The molecule has 0 radical (unpaired) electrons. The highest BCUT2D eigenvalue weighted by Gasteiger charge is 2.11. The summed E-state index contributed by atoms with van der Waals surface area (Å²) < 4.78 is 0. The van der Waals surface area contributed by atoms with E-state index in [0.717, 1.165) is 23.1 Å². The van der Waals surface area contributed by atoms with Crippen molar-refractivity contribution in [1.29, 1.82) is 0 Å². The Bertz CT molecular complexity index is 723. The number of benzene rings is 2. The van der Waals surface area contributed by atoms with Gasteiger partial charge in [-0.05, 0) is 49.6 Å². The van der Waals surface area contributed by atoms with E-state index in [-0.39, 0.29) is 24.5 Å². The van der Waals surface area contributed by atoms with Crippen molar-refractivity contribution in [3.05, 3.63) is 69.7 Å². The molecular weight excluding hydrogens is 322 g/mol. The van der Waals surface area contributed by atoms with Crippen molar-refractivity contribution in [1.82, 2.24) is 5.32 Å². The van der Waals surface area contributed by atoms with E-state index in [2.05, 4.69) is 5.32 Å². The van der Waals surface area contributed by atoms with Crippen LogP contribution in [0.4, 0.5) is 0 Å². The fourth-order valence-electron chi connectivity index (χ4n) is 2.48. The molecule has 2 rings (SSSR count). The van der Waals surface area contributed by atoms with Crippen LogP contribution in [0, 0.1) is 13.8 Å². The van der Waals surface area contributed by atoms with E-state index in [4.69, 9.17) is 11.6 Å². The second-order valence-electron chi connectivity index (χ2n) is 5.97. The molecule has 3 nitrogen and oxygen atoms in total. The molecule has 0 fully saturated rings. The van der Waals surface area contributed by atoms with E-state index in [1.54, 1.807) is 0 Å². The minimum Gasteiger partial charge on any atom is -0.356 e. The maximum absolute atomic E-state index is 12.3. The molecule has 0 aliphatic carbocycles. The number of halogens is 1. The molecule has 126 valence electrons. The van der Waals surface area contributed by atoms with E-state index < -0.39 is 0 Å². The van der Waals surface area contributed by atoms with Crippen molar-refractivity contribution in [3.63, 3.8) is 0 Å². The van der Waals surface area contributed by atoms with Crippen LogP contribution in [0.3, 0.4) is 0 Å². The van der Waals surface area contributed by atoms with Gasteiger partial charge in [0.15, 0.2) is 5.78 Å². The zero-order valence-corrected chi connectivity index (χ0v) is 14.8. The molecule has 0 saturated heterocycles. The Morgan fingerprint density at radius 1 is 1.00 bits per heavy atom. The maximum atomic E-state index is 12.3. The highest BCUT2D eigenvalue weighted by atomic mass is 35.5. The van der Waals surface area contributed by atoms with Crippen LogP contribution < -0.4 is 5.32 Å². The zero-order valence-electron chi connectivity index (χ0n) is 14.1. The fraction of sp³-hybridized carbons (Fsp3) is 0.300. The number of Topliss-reactive ketones (excluding diaryl/α,β-unsaturated/α-hetero) is 1. The monoisotopic (exact) mass is 343 g/mol. The van der Waals surface area contributed by atoms with Gasteiger partial charge in [0.25, 0.3) is 0 Å². The van der Waals surface area contributed by atoms with Crippen LogP contribution in [-0.2, 0) is 11.2 Å². The minimum atomic E-state index is -0.0948. The molecule has 0 atom stereocenters. The van der Waals surface area contributed by atoms with E-state index in [1.807, 2.05) is 56.3 Å². The molecule has 0 aliphatic rings. The molecule has 0 heterocycles. The number of rotatable bonds is 7. The predicted molar refractivity (Wildman–Crippen MR) is 97.6 cm³/mol. The molecule has 4 heteroatoms. The first-order valence-corrected chi connectivity index (χ1v) is 8.45. The third-order valence-corrected chi connectivity index (χ3v) is 4.17. The lowest BCUT2D eigenvalue weighted by Gasteiger charge is -2.07. The second kappa shape index (κ2) is 8.65. The average molecular weight is 344 g/mol. The van der Waals surface area contributed by atoms with Crippen molar-refractivity contribution in [3.8, 4) is 0 Å². The largest absolute Gasteiger partial charge is 0.356 e. The number of carbonyl (C=O) groups is 2. The van der Waals surface area contributed by atoms with Crippen LogP contribution in [0.1, 0.15) is 39.9 Å². The smallest absolute Gasteiger partial charge is 0.220 e.